The Kier molecular flexibility index (Phi) is 7.46. The summed E-state index contributed by atoms with van der Waals surface area (Å²) in [7, 11) is 0. The average molecular weight is 506 g/mol. The molecule has 1 unspecified atom stereocenters. The maximum absolute atomic E-state index is 13.3. The highest BCUT2D eigenvalue weighted by Crippen LogP contribution is 2.30. The van der Waals surface area contributed by atoms with Crippen LogP contribution in [-0.4, -0.2) is 58.3 Å². The number of rotatable bonds is 6. The van der Waals surface area contributed by atoms with Gasteiger partial charge >= 0.3 is 6.03 Å². The van der Waals surface area contributed by atoms with Crippen LogP contribution in [0.2, 0.25) is 0 Å². The van der Waals surface area contributed by atoms with Crippen LogP contribution in [0.25, 0.3) is 10.8 Å². The van der Waals surface area contributed by atoms with Crippen molar-refractivity contribution in [1.82, 2.24) is 14.8 Å². The quantitative estimate of drug-likeness (QED) is 0.496. The Morgan fingerprint density at radius 2 is 1.83 bits per heavy atom. The lowest BCUT2D eigenvalue weighted by atomic mass is 9.84. The van der Waals surface area contributed by atoms with E-state index in [2.05, 4.69) is 15.6 Å². The maximum atomic E-state index is 13.3. The third-order valence-corrected chi connectivity index (χ3v) is 7.86. The number of carbonyl (C=O) groups is 3. The molecule has 2 aliphatic rings. The highest BCUT2D eigenvalue weighted by Gasteiger charge is 2.37. The van der Waals surface area contributed by atoms with Crippen molar-refractivity contribution in [3.63, 3.8) is 0 Å². The Bertz CT molecular complexity index is 1230. The van der Waals surface area contributed by atoms with E-state index in [4.69, 9.17) is 0 Å². The lowest BCUT2D eigenvalue weighted by Crippen LogP contribution is -2.59. The van der Waals surface area contributed by atoms with E-state index < -0.39 is 6.04 Å². The van der Waals surface area contributed by atoms with Crippen molar-refractivity contribution in [2.75, 3.05) is 30.3 Å². The van der Waals surface area contributed by atoms with Crippen molar-refractivity contribution in [3.05, 3.63) is 54.0 Å². The standard InChI is InChI=1S/C27H31N5O3S/c33-24-18-31(27(35)29-22-11-10-20-8-4-5-9-21(20)17-22)13-14-32(24)23(16-19-6-2-1-3-7-19)25(34)30-26-28-12-15-36-26/h4-5,8-12,15,17,19,23H,1-3,6-7,13-14,16,18H2,(H,29,35)(H,28,30,34). The fourth-order valence-electron chi connectivity index (χ4n) is 5.25. The van der Waals surface area contributed by atoms with E-state index in [1.54, 1.807) is 11.1 Å². The van der Waals surface area contributed by atoms with Crippen LogP contribution >= 0.6 is 11.3 Å². The minimum absolute atomic E-state index is 0.0505. The molecule has 1 saturated carbocycles. The fraction of sp³-hybridized carbons (Fsp3) is 0.407. The molecule has 188 valence electrons. The molecule has 2 heterocycles. The van der Waals surface area contributed by atoms with Gasteiger partial charge in [-0.05, 0) is 35.2 Å². The SMILES string of the molecule is O=C(Nc1nccs1)C(CC1CCCCC1)N1CCN(C(=O)Nc2ccc3ccccc3c2)CC1=O. The van der Waals surface area contributed by atoms with Crippen molar-refractivity contribution in [3.8, 4) is 0 Å². The summed E-state index contributed by atoms with van der Waals surface area (Å²) in [5.41, 5.74) is 0.687. The molecule has 2 fully saturated rings. The highest BCUT2D eigenvalue weighted by atomic mass is 32.1. The van der Waals surface area contributed by atoms with E-state index in [9.17, 15) is 14.4 Å². The number of hydrogen-bond acceptors (Lipinski definition) is 5. The number of aromatic nitrogens is 1. The van der Waals surface area contributed by atoms with Gasteiger partial charge in [-0.1, -0.05) is 62.4 Å². The molecule has 0 radical (unpaired) electrons. The number of piperazine rings is 1. The van der Waals surface area contributed by atoms with Crippen LogP contribution in [-0.2, 0) is 9.59 Å². The van der Waals surface area contributed by atoms with Crippen LogP contribution in [0.4, 0.5) is 15.6 Å². The number of amides is 4. The Hall–Kier alpha value is -3.46. The average Bonchev–Trinajstić information content (AvgIpc) is 3.41. The zero-order valence-corrected chi connectivity index (χ0v) is 21.0. The molecule has 5 rings (SSSR count). The number of fused-ring (bicyclic) bond motifs is 1. The van der Waals surface area contributed by atoms with Gasteiger partial charge in [0.15, 0.2) is 5.13 Å². The smallest absolute Gasteiger partial charge is 0.322 e. The molecule has 2 aromatic carbocycles. The van der Waals surface area contributed by atoms with Gasteiger partial charge in [0.2, 0.25) is 11.8 Å². The van der Waals surface area contributed by atoms with Crippen molar-refractivity contribution in [2.45, 2.75) is 44.6 Å². The van der Waals surface area contributed by atoms with Gasteiger partial charge in [-0.25, -0.2) is 9.78 Å². The van der Waals surface area contributed by atoms with Crippen LogP contribution < -0.4 is 10.6 Å². The van der Waals surface area contributed by atoms with E-state index in [1.807, 2.05) is 47.8 Å². The van der Waals surface area contributed by atoms with Gasteiger partial charge in [0, 0.05) is 30.4 Å². The predicted molar refractivity (Wildman–Crippen MR) is 142 cm³/mol. The molecule has 8 nitrogen and oxygen atoms in total. The highest BCUT2D eigenvalue weighted by molar-refractivity contribution is 7.13. The molecular weight excluding hydrogens is 474 g/mol. The first-order valence-corrected chi connectivity index (χ1v) is 13.5. The molecule has 1 aliphatic carbocycles. The Balaban J connectivity index is 1.24. The summed E-state index contributed by atoms with van der Waals surface area (Å²) in [5, 5.41) is 10.3. The summed E-state index contributed by atoms with van der Waals surface area (Å²) >= 11 is 1.36. The second kappa shape index (κ2) is 11.1. The normalized spacial score (nSPS) is 17.7. The number of hydrogen-bond donors (Lipinski definition) is 2. The van der Waals surface area contributed by atoms with Gasteiger partial charge < -0.3 is 20.4 Å². The third-order valence-electron chi connectivity index (χ3n) is 7.17. The Labute approximate surface area is 214 Å². The lowest BCUT2D eigenvalue weighted by Gasteiger charge is -2.39. The number of nitrogens with zero attached hydrogens (tertiary/aromatic N) is 3. The largest absolute Gasteiger partial charge is 0.327 e. The molecule has 3 aromatic rings. The zero-order valence-electron chi connectivity index (χ0n) is 20.2. The number of thiazole rings is 1. The Morgan fingerprint density at radius 1 is 1.03 bits per heavy atom. The van der Waals surface area contributed by atoms with Crippen LogP contribution in [0.5, 0.6) is 0 Å². The molecule has 2 N–H and O–H groups in total. The van der Waals surface area contributed by atoms with E-state index in [-0.39, 0.29) is 24.4 Å². The molecule has 36 heavy (non-hydrogen) atoms. The predicted octanol–water partition coefficient (Wildman–Crippen LogP) is 4.95. The number of carbonyl (C=O) groups excluding carboxylic acids is 3. The summed E-state index contributed by atoms with van der Waals surface area (Å²) in [4.78, 5) is 46.8. The van der Waals surface area contributed by atoms with Crippen molar-refractivity contribution in [2.24, 2.45) is 5.92 Å². The first-order chi connectivity index (χ1) is 17.6. The monoisotopic (exact) mass is 505 g/mol. The second-order valence-corrected chi connectivity index (χ2v) is 10.5. The third kappa shape index (κ3) is 5.67. The lowest BCUT2D eigenvalue weighted by molar-refractivity contribution is -0.142. The molecule has 1 aromatic heterocycles. The van der Waals surface area contributed by atoms with Gasteiger partial charge in [-0.15, -0.1) is 11.3 Å². The summed E-state index contributed by atoms with van der Waals surface area (Å²) in [6, 6.07) is 12.8. The Morgan fingerprint density at radius 3 is 2.58 bits per heavy atom. The van der Waals surface area contributed by atoms with Crippen molar-refractivity contribution < 1.29 is 14.4 Å². The topological polar surface area (TPSA) is 94.6 Å². The van der Waals surface area contributed by atoms with Gasteiger partial charge in [0.25, 0.3) is 0 Å². The molecule has 1 saturated heterocycles. The fourth-order valence-corrected chi connectivity index (χ4v) is 5.78. The van der Waals surface area contributed by atoms with Crippen LogP contribution in [0.3, 0.4) is 0 Å². The first-order valence-electron chi connectivity index (χ1n) is 12.6. The molecule has 1 atom stereocenters. The van der Waals surface area contributed by atoms with Crippen LogP contribution in [0, 0.1) is 5.92 Å². The van der Waals surface area contributed by atoms with E-state index in [0.29, 0.717) is 36.2 Å². The zero-order chi connectivity index (χ0) is 24.9. The van der Waals surface area contributed by atoms with Gasteiger partial charge in [-0.3, -0.25) is 9.59 Å². The van der Waals surface area contributed by atoms with Crippen molar-refractivity contribution in [1.29, 1.82) is 0 Å². The maximum Gasteiger partial charge on any atom is 0.322 e. The van der Waals surface area contributed by atoms with E-state index >= 15 is 0 Å². The second-order valence-electron chi connectivity index (χ2n) is 9.58. The number of anilines is 2. The molecular formula is C27H31N5O3S. The van der Waals surface area contributed by atoms with Crippen molar-refractivity contribution >= 4 is 50.8 Å². The molecule has 4 amide bonds. The number of benzene rings is 2. The minimum Gasteiger partial charge on any atom is -0.327 e. The summed E-state index contributed by atoms with van der Waals surface area (Å²) in [5.74, 6) is 0.0239. The molecule has 0 bridgehead atoms. The number of urea groups is 1. The van der Waals surface area contributed by atoms with Crippen LogP contribution in [0.15, 0.2) is 54.0 Å². The molecule has 9 heteroatoms. The molecule has 1 aliphatic heterocycles. The van der Waals surface area contributed by atoms with Gasteiger partial charge in [-0.2, -0.15) is 0 Å². The first kappa shape index (κ1) is 24.2. The molecule has 0 spiro atoms. The van der Waals surface area contributed by atoms with E-state index in [1.165, 1.54) is 35.5 Å². The summed E-state index contributed by atoms with van der Waals surface area (Å²) in [6.07, 6.45) is 8.04. The number of nitrogens with one attached hydrogen (secondary N) is 2. The van der Waals surface area contributed by atoms with Crippen LogP contribution in [0.1, 0.15) is 38.5 Å². The summed E-state index contributed by atoms with van der Waals surface area (Å²) in [6.45, 7) is 0.647. The van der Waals surface area contributed by atoms with Gasteiger partial charge in [0.05, 0.1) is 0 Å². The van der Waals surface area contributed by atoms with Gasteiger partial charge in [0.1, 0.15) is 12.6 Å². The van der Waals surface area contributed by atoms with E-state index in [0.717, 1.165) is 23.6 Å². The minimum atomic E-state index is -0.560. The summed E-state index contributed by atoms with van der Waals surface area (Å²) < 4.78 is 0.